The van der Waals surface area contributed by atoms with Gasteiger partial charge in [0.05, 0.1) is 5.69 Å². The van der Waals surface area contributed by atoms with Gasteiger partial charge in [-0.2, -0.15) is 0 Å². The van der Waals surface area contributed by atoms with Gasteiger partial charge in [-0.3, -0.25) is 9.69 Å². The highest BCUT2D eigenvalue weighted by molar-refractivity contribution is 6.31. The van der Waals surface area contributed by atoms with Gasteiger partial charge in [0.15, 0.2) is 0 Å². The SMILES string of the molecule is O=c1[nH]c(-c2ccccc2)nc2c1CCN(Cc1ccccc1Cl)C2. The second-order valence-corrected chi connectivity index (χ2v) is 6.67. The second-order valence-electron chi connectivity index (χ2n) is 6.26. The number of rotatable bonds is 3. The summed E-state index contributed by atoms with van der Waals surface area (Å²) in [7, 11) is 0. The smallest absolute Gasteiger partial charge is 0.254 e. The van der Waals surface area contributed by atoms with E-state index < -0.39 is 0 Å². The fourth-order valence-corrected chi connectivity index (χ4v) is 3.42. The fourth-order valence-electron chi connectivity index (χ4n) is 3.23. The van der Waals surface area contributed by atoms with Crippen LogP contribution < -0.4 is 5.56 Å². The summed E-state index contributed by atoms with van der Waals surface area (Å²) in [6, 6.07) is 17.6. The highest BCUT2D eigenvalue weighted by atomic mass is 35.5. The molecule has 4 rings (SSSR count). The Kier molecular flexibility index (Phi) is 4.38. The molecule has 0 bridgehead atoms. The van der Waals surface area contributed by atoms with Crippen molar-refractivity contribution in [1.29, 1.82) is 0 Å². The molecule has 2 aromatic carbocycles. The average molecular weight is 352 g/mol. The highest BCUT2D eigenvalue weighted by Gasteiger charge is 2.21. The number of aromatic amines is 1. The summed E-state index contributed by atoms with van der Waals surface area (Å²) in [4.78, 5) is 22.4. The molecule has 126 valence electrons. The molecule has 0 aliphatic carbocycles. The maximum Gasteiger partial charge on any atom is 0.254 e. The second kappa shape index (κ2) is 6.82. The molecule has 5 heteroatoms. The van der Waals surface area contributed by atoms with Crippen LogP contribution in [0.3, 0.4) is 0 Å². The van der Waals surface area contributed by atoms with Crippen molar-refractivity contribution in [1.82, 2.24) is 14.9 Å². The number of aromatic nitrogens is 2. The predicted molar refractivity (Wildman–Crippen MR) is 99.6 cm³/mol. The van der Waals surface area contributed by atoms with Crippen molar-refractivity contribution in [3.05, 3.63) is 86.8 Å². The van der Waals surface area contributed by atoms with E-state index in [2.05, 4.69) is 9.88 Å². The average Bonchev–Trinajstić information content (AvgIpc) is 2.64. The van der Waals surface area contributed by atoms with Gasteiger partial charge < -0.3 is 4.98 Å². The van der Waals surface area contributed by atoms with Crippen LogP contribution in [-0.2, 0) is 19.5 Å². The summed E-state index contributed by atoms with van der Waals surface area (Å²) in [6.07, 6.45) is 0.706. The van der Waals surface area contributed by atoms with Gasteiger partial charge in [-0.1, -0.05) is 60.1 Å². The molecule has 0 spiro atoms. The van der Waals surface area contributed by atoms with E-state index in [0.717, 1.165) is 40.5 Å². The van der Waals surface area contributed by atoms with Crippen molar-refractivity contribution in [2.45, 2.75) is 19.5 Å². The van der Waals surface area contributed by atoms with Crippen LogP contribution in [0.15, 0.2) is 59.4 Å². The minimum Gasteiger partial charge on any atom is -0.306 e. The van der Waals surface area contributed by atoms with E-state index in [-0.39, 0.29) is 5.56 Å². The molecule has 3 aromatic rings. The number of nitrogens with one attached hydrogen (secondary N) is 1. The van der Waals surface area contributed by atoms with Crippen molar-refractivity contribution in [2.24, 2.45) is 0 Å². The van der Waals surface area contributed by atoms with Gasteiger partial charge in [-0.15, -0.1) is 0 Å². The zero-order valence-corrected chi connectivity index (χ0v) is 14.5. The first-order valence-electron chi connectivity index (χ1n) is 8.34. The quantitative estimate of drug-likeness (QED) is 0.783. The van der Waals surface area contributed by atoms with E-state index in [1.807, 2.05) is 54.6 Å². The predicted octanol–water partition coefficient (Wildman–Crippen LogP) is 3.65. The molecule has 0 amide bonds. The molecular weight excluding hydrogens is 334 g/mol. The Morgan fingerprint density at radius 2 is 1.84 bits per heavy atom. The molecule has 1 aromatic heterocycles. The molecule has 25 heavy (non-hydrogen) atoms. The van der Waals surface area contributed by atoms with Gasteiger partial charge in [0.1, 0.15) is 5.82 Å². The molecule has 0 saturated carbocycles. The first-order valence-corrected chi connectivity index (χ1v) is 8.72. The topological polar surface area (TPSA) is 49.0 Å². The standard InChI is InChI=1S/C20H18ClN3O/c21-17-9-5-4-8-15(17)12-24-11-10-16-18(13-24)22-19(23-20(16)25)14-6-2-1-3-7-14/h1-9H,10-13H2,(H,22,23,25). The normalized spacial score (nSPS) is 14.3. The third-order valence-electron chi connectivity index (χ3n) is 4.55. The number of hydrogen-bond donors (Lipinski definition) is 1. The molecule has 0 fully saturated rings. The maximum absolute atomic E-state index is 12.4. The number of halogens is 1. The Morgan fingerprint density at radius 1 is 1.08 bits per heavy atom. The molecule has 0 atom stereocenters. The zero-order chi connectivity index (χ0) is 17.2. The Morgan fingerprint density at radius 3 is 2.64 bits per heavy atom. The third kappa shape index (κ3) is 3.36. The molecule has 0 unspecified atom stereocenters. The van der Waals surface area contributed by atoms with Crippen molar-refractivity contribution in [3.63, 3.8) is 0 Å². The lowest BCUT2D eigenvalue weighted by Gasteiger charge is -2.28. The summed E-state index contributed by atoms with van der Waals surface area (Å²) >= 11 is 6.28. The van der Waals surface area contributed by atoms with Crippen LogP contribution in [0.2, 0.25) is 5.02 Å². The van der Waals surface area contributed by atoms with E-state index >= 15 is 0 Å². The van der Waals surface area contributed by atoms with E-state index in [1.165, 1.54) is 0 Å². The van der Waals surface area contributed by atoms with Gasteiger partial charge in [0.25, 0.3) is 5.56 Å². The first kappa shape index (κ1) is 16.1. The van der Waals surface area contributed by atoms with Crippen LogP contribution in [0.5, 0.6) is 0 Å². The summed E-state index contributed by atoms with van der Waals surface area (Å²) in [5, 5.41) is 0.775. The lowest BCUT2D eigenvalue weighted by Crippen LogP contribution is -2.35. The number of fused-ring (bicyclic) bond motifs is 1. The minimum atomic E-state index is -0.0266. The summed E-state index contributed by atoms with van der Waals surface area (Å²) in [5.41, 5.74) is 3.66. The largest absolute Gasteiger partial charge is 0.306 e. The van der Waals surface area contributed by atoms with Crippen LogP contribution in [-0.4, -0.2) is 21.4 Å². The van der Waals surface area contributed by atoms with Crippen molar-refractivity contribution in [2.75, 3.05) is 6.54 Å². The van der Waals surface area contributed by atoms with Crippen molar-refractivity contribution >= 4 is 11.6 Å². The first-order chi connectivity index (χ1) is 12.2. The highest BCUT2D eigenvalue weighted by Crippen LogP contribution is 2.22. The summed E-state index contributed by atoms with van der Waals surface area (Å²) in [5.74, 6) is 0.629. The van der Waals surface area contributed by atoms with Crippen LogP contribution >= 0.6 is 11.6 Å². The van der Waals surface area contributed by atoms with E-state index in [4.69, 9.17) is 16.6 Å². The van der Waals surface area contributed by atoms with Gasteiger partial charge in [-0.25, -0.2) is 4.98 Å². The Balaban J connectivity index is 1.63. The fraction of sp³-hybridized carbons (Fsp3) is 0.200. The molecule has 1 N–H and O–H groups in total. The van der Waals surface area contributed by atoms with Crippen molar-refractivity contribution in [3.8, 4) is 11.4 Å². The van der Waals surface area contributed by atoms with Crippen LogP contribution in [0.25, 0.3) is 11.4 Å². The Hall–Kier alpha value is -2.43. The lowest BCUT2D eigenvalue weighted by atomic mass is 10.0. The molecule has 0 radical (unpaired) electrons. The zero-order valence-electron chi connectivity index (χ0n) is 13.7. The molecular formula is C20H18ClN3O. The molecule has 1 aliphatic heterocycles. The number of benzene rings is 2. The molecule has 0 saturated heterocycles. The van der Waals surface area contributed by atoms with Crippen LogP contribution in [0.4, 0.5) is 0 Å². The maximum atomic E-state index is 12.4. The van der Waals surface area contributed by atoms with Gasteiger partial charge in [0.2, 0.25) is 0 Å². The molecule has 4 nitrogen and oxygen atoms in total. The summed E-state index contributed by atoms with van der Waals surface area (Å²) < 4.78 is 0. The number of hydrogen-bond acceptors (Lipinski definition) is 3. The monoisotopic (exact) mass is 351 g/mol. The minimum absolute atomic E-state index is 0.0266. The van der Waals surface area contributed by atoms with Gasteiger partial charge in [-0.05, 0) is 18.1 Å². The molecule has 1 aliphatic rings. The molecule has 2 heterocycles. The third-order valence-corrected chi connectivity index (χ3v) is 4.92. The van der Waals surface area contributed by atoms with Crippen LogP contribution in [0.1, 0.15) is 16.8 Å². The van der Waals surface area contributed by atoms with Gasteiger partial charge in [0, 0.05) is 35.8 Å². The summed E-state index contributed by atoms with van der Waals surface area (Å²) in [6.45, 7) is 2.24. The van der Waals surface area contributed by atoms with E-state index in [0.29, 0.717) is 18.8 Å². The lowest BCUT2D eigenvalue weighted by molar-refractivity contribution is 0.240. The Labute approximate surface area is 151 Å². The van der Waals surface area contributed by atoms with Gasteiger partial charge >= 0.3 is 0 Å². The Bertz CT molecular complexity index is 953. The number of nitrogens with zero attached hydrogens (tertiary/aromatic N) is 2. The van der Waals surface area contributed by atoms with Crippen molar-refractivity contribution < 1.29 is 0 Å². The van der Waals surface area contributed by atoms with E-state index in [1.54, 1.807) is 0 Å². The van der Waals surface area contributed by atoms with E-state index in [9.17, 15) is 4.79 Å². The number of H-pyrrole nitrogens is 1. The van der Waals surface area contributed by atoms with Crippen LogP contribution in [0, 0.1) is 0 Å².